The highest BCUT2D eigenvalue weighted by Crippen LogP contribution is 2.19. The number of hydrogen-bond donors (Lipinski definition) is 4. The van der Waals surface area contributed by atoms with Crippen LogP contribution in [0.3, 0.4) is 0 Å². The van der Waals surface area contributed by atoms with Gasteiger partial charge in [0, 0.05) is 19.0 Å². The zero-order valence-electron chi connectivity index (χ0n) is 10.2. The molecule has 1 amide bonds. The minimum absolute atomic E-state index is 0.0479. The molecule has 1 aliphatic heterocycles. The minimum atomic E-state index is -3.65. The predicted octanol–water partition coefficient (Wildman–Crippen LogP) is -0.471. The molecule has 0 radical (unpaired) electrons. The Kier molecular flexibility index (Phi) is 4.03. The Morgan fingerprint density at radius 2 is 2.11 bits per heavy atom. The first kappa shape index (κ1) is 13.8. The summed E-state index contributed by atoms with van der Waals surface area (Å²) in [4.78, 5) is 11.1. The van der Waals surface area contributed by atoms with E-state index in [1.54, 1.807) is 18.2 Å². The minimum Gasteiger partial charge on any atom is -0.352 e. The van der Waals surface area contributed by atoms with E-state index in [4.69, 9.17) is 5.84 Å². The standard InChI is InChI=1S/C11H16N4O3S/c12-15-9-3-1-2-4-10(9)19(17,18)13-7-8-5-6-11(16)14-8/h1-4,8,13,15H,5-7,12H2,(H,14,16). The smallest absolute Gasteiger partial charge is 0.242 e. The molecule has 1 atom stereocenters. The molecular weight excluding hydrogens is 268 g/mol. The van der Waals surface area contributed by atoms with Gasteiger partial charge in [0.2, 0.25) is 15.9 Å². The maximum absolute atomic E-state index is 12.1. The summed E-state index contributed by atoms with van der Waals surface area (Å²) in [5.41, 5.74) is 2.67. The van der Waals surface area contributed by atoms with E-state index in [2.05, 4.69) is 15.5 Å². The third-order valence-corrected chi connectivity index (χ3v) is 4.42. The molecule has 2 rings (SSSR count). The molecule has 1 unspecified atom stereocenters. The molecule has 0 spiro atoms. The van der Waals surface area contributed by atoms with Crippen LogP contribution in [0.5, 0.6) is 0 Å². The van der Waals surface area contributed by atoms with Crippen LogP contribution in [0.4, 0.5) is 5.69 Å². The first-order chi connectivity index (χ1) is 9.03. The molecule has 1 aromatic rings. The van der Waals surface area contributed by atoms with Gasteiger partial charge in [-0.2, -0.15) is 0 Å². The van der Waals surface area contributed by atoms with Crippen LogP contribution in [0.15, 0.2) is 29.2 Å². The molecule has 0 saturated carbocycles. The van der Waals surface area contributed by atoms with E-state index >= 15 is 0 Å². The lowest BCUT2D eigenvalue weighted by Gasteiger charge is -2.13. The van der Waals surface area contributed by atoms with Gasteiger partial charge < -0.3 is 10.7 Å². The predicted molar refractivity (Wildman–Crippen MR) is 70.6 cm³/mol. The number of carbonyl (C=O) groups is 1. The molecule has 0 aliphatic carbocycles. The maximum atomic E-state index is 12.1. The summed E-state index contributed by atoms with van der Waals surface area (Å²) in [6.07, 6.45) is 1.07. The Bertz CT molecular complexity index is 573. The second-order valence-corrected chi connectivity index (χ2v) is 6.03. The number of sulfonamides is 1. The van der Waals surface area contributed by atoms with Gasteiger partial charge in [-0.3, -0.25) is 10.6 Å². The number of benzene rings is 1. The van der Waals surface area contributed by atoms with Gasteiger partial charge in [0.15, 0.2) is 0 Å². The highest BCUT2D eigenvalue weighted by molar-refractivity contribution is 7.89. The molecule has 0 bridgehead atoms. The van der Waals surface area contributed by atoms with Crippen LogP contribution >= 0.6 is 0 Å². The number of carbonyl (C=O) groups excluding carboxylic acids is 1. The van der Waals surface area contributed by atoms with E-state index in [-0.39, 0.29) is 23.4 Å². The average Bonchev–Trinajstić information content (AvgIpc) is 2.82. The van der Waals surface area contributed by atoms with E-state index in [0.717, 1.165) is 0 Å². The van der Waals surface area contributed by atoms with Crippen LogP contribution in [-0.4, -0.2) is 26.9 Å². The van der Waals surface area contributed by atoms with Crippen LogP contribution in [0.25, 0.3) is 0 Å². The van der Waals surface area contributed by atoms with E-state index < -0.39 is 10.0 Å². The highest BCUT2D eigenvalue weighted by atomic mass is 32.2. The lowest BCUT2D eigenvalue weighted by atomic mass is 10.2. The molecule has 104 valence electrons. The fourth-order valence-corrected chi connectivity index (χ4v) is 3.19. The lowest BCUT2D eigenvalue weighted by Crippen LogP contribution is -2.38. The van der Waals surface area contributed by atoms with Gasteiger partial charge in [-0.15, -0.1) is 0 Å². The van der Waals surface area contributed by atoms with Crippen LogP contribution in [0, 0.1) is 0 Å². The van der Waals surface area contributed by atoms with E-state index in [1.165, 1.54) is 6.07 Å². The van der Waals surface area contributed by atoms with Crippen molar-refractivity contribution in [2.24, 2.45) is 5.84 Å². The summed E-state index contributed by atoms with van der Waals surface area (Å²) in [5, 5.41) is 2.70. The molecule has 1 aromatic carbocycles. The molecule has 1 aliphatic rings. The van der Waals surface area contributed by atoms with Gasteiger partial charge >= 0.3 is 0 Å². The monoisotopic (exact) mass is 284 g/mol. The van der Waals surface area contributed by atoms with Crippen LogP contribution in [0.1, 0.15) is 12.8 Å². The second-order valence-electron chi connectivity index (χ2n) is 4.30. The van der Waals surface area contributed by atoms with Gasteiger partial charge in [0.1, 0.15) is 4.90 Å². The van der Waals surface area contributed by atoms with Crippen molar-refractivity contribution in [3.63, 3.8) is 0 Å². The van der Waals surface area contributed by atoms with Crippen molar-refractivity contribution in [3.05, 3.63) is 24.3 Å². The van der Waals surface area contributed by atoms with Crippen molar-refractivity contribution >= 4 is 21.6 Å². The number of anilines is 1. The first-order valence-corrected chi connectivity index (χ1v) is 7.36. The quantitative estimate of drug-likeness (QED) is 0.431. The van der Waals surface area contributed by atoms with Gasteiger partial charge in [0.25, 0.3) is 0 Å². The van der Waals surface area contributed by atoms with E-state index in [1.807, 2.05) is 0 Å². The Morgan fingerprint density at radius 3 is 2.74 bits per heavy atom. The number of nitrogen functional groups attached to an aromatic ring is 1. The zero-order chi connectivity index (χ0) is 13.9. The van der Waals surface area contributed by atoms with E-state index in [0.29, 0.717) is 18.5 Å². The summed E-state index contributed by atoms with van der Waals surface area (Å²) in [6, 6.07) is 6.19. The first-order valence-electron chi connectivity index (χ1n) is 5.87. The van der Waals surface area contributed by atoms with Crippen molar-refractivity contribution in [3.8, 4) is 0 Å². The molecule has 8 heteroatoms. The number of hydrogen-bond acceptors (Lipinski definition) is 5. The van der Waals surface area contributed by atoms with E-state index in [9.17, 15) is 13.2 Å². The van der Waals surface area contributed by atoms with Crippen LogP contribution in [0.2, 0.25) is 0 Å². The van der Waals surface area contributed by atoms with Gasteiger partial charge in [0.05, 0.1) is 5.69 Å². The number of nitrogens with two attached hydrogens (primary N) is 1. The fraction of sp³-hybridized carbons (Fsp3) is 0.364. The van der Waals surface area contributed by atoms with Gasteiger partial charge in [-0.25, -0.2) is 13.1 Å². The number of hydrazine groups is 1. The highest BCUT2D eigenvalue weighted by Gasteiger charge is 2.24. The van der Waals surface area contributed by atoms with Crippen molar-refractivity contribution < 1.29 is 13.2 Å². The SMILES string of the molecule is NNc1ccccc1S(=O)(=O)NCC1CCC(=O)N1. The van der Waals surface area contributed by atoms with Gasteiger partial charge in [-0.05, 0) is 18.6 Å². The second kappa shape index (κ2) is 5.55. The molecular formula is C11H16N4O3S. The molecule has 1 fully saturated rings. The molecule has 5 N–H and O–H groups in total. The summed E-state index contributed by atoms with van der Waals surface area (Å²) < 4.78 is 26.7. The normalized spacial score (nSPS) is 19.2. The Balaban J connectivity index is 2.08. The van der Waals surface area contributed by atoms with Crippen molar-refractivity contribution in [1.82, 2.24) is 10.0 Å². The lowest BCUT2D eigenvalue weighted by molar-refractivity contribution is -0.119. The molecule has 1 saturated heterocycles. The van der Waals surface area contributed by atoms with Crippen molar-refractivity contribution in [1.29, 1.82) is 0 Å². The molecule has 19 heavy (non-hydrogen) atoms. The third kappa shape index (κ3) is 3.22. The number of para-hydroxylation sites is 1. The number of amides is 1. The van der Waals surface area contributed by atoms with Crippen molar-refractivity contribution in [2.75, 3.05) is 12.0 Å². The number of nitrogens with one attached hydrogen (secondary N) is 3. The number of rotatable bonds is 5. The Labute approximate surface area is 111 Å². The Hall–Kier alpha value is -1.64. The maximum Gasteiger partial charge on any atom is 0.242 e. The van der Waals surface area contributed by atoms with Gasteiger partial charge in [-0.1, -0.05) is 12.1 Å². The third-order valence-electron chi connectivity index (χ3n) is 2.94. The van der Waals surface area contributed by atoms with Crippen LogP contribution < -0.4 is 21.3 Å². The molecule has 7 nitrogen and oxygen atoms in total. The summed E-state index contributed by atoms with van der Waals surface area (Å²) in [7, 11) is -3.65. The van der Waals surface area contributed by atoms with Crippen molar-refractivity contribution in [2.45, 2.75) is 23.8 Å². The van der Waals surface area contributed by atoms with Crippen LogP contribution in [-0.2, 0) is 14.8 Å². The summed E-state index contributed by atoms with van der Waals surface area (Å²) in [5.74, 6) is 5.24. The largest absolute Gasteiger partial charge is 0.352 e. The zero-order valence-corrected chi connectivity index (χ0v) is 11.0. The molecule has 1 heterocycles. The molecule has 0 aromatic heterocycles. The fourth-order valence-electron chi connectivity index (χ4n) is 1.94. The summed E-state index contributed by atoms with van der Waals surface area (Å²) in [6.45, 7) is 0.174. The average molecular weight is 284 g/mol. The Morgan fingerprint density at radius 1 is 1.37 bits per heavy atom. The summed E-state index contributed by atoms with van der Waals surface area (Å²) >= 11 is 0. The topological polar surface area (TPSA) is 113 Å².